The van der Waals surface area contributed by atoms with Crippen molar-refractivity contribution >= 4 is 5.78 Å². The highest BCUT2D eigenvalue weighted by molar-refractivity contribution is 6.00. The van der Waals surface area contributed by atoms with Crippen LogP contribution in [0.4, 0.5) is 13.2 Å². The summed E-state index contributed by atoms with van der Waals surface area (Å²) < 4.78 is 45.1. The Bertz CT molecular complexity index is 1030. The number of ether oxygens (including phenoxy) is 1. The highest BCUT2D eigenvalue weighted by Crippen LogP contribution is 2.54. The van der Waals surface area contributed by atoms with Crippen LogP contribution in [0.2, 0.25) is 0 Å². The van der Waals surface area contributed by atoms with E-state index in [2.05, 4.69) is 17.0 Å². The van der Waals surface area contributed by atoms with Crippen molar-refractivity contribution in [3.8, 4) is 0 Å². The van der Waals surface area contributed by atoms with Gasteiger partial charge in [-0.25, -0.2) is 0 Å². The van der Waals surface area contributed by atoms with Crippen LogP contribution in [0, 0.1) is 11.8 Å². The molecule has 2 aromatic carbocycles. The Morgan fingerprint density at radius 2 is 1.67 bits per heavy atom. The Morgan fingerprint density at radius 1 is 1.06 bits per heavy atom. The molecule has 2 aliphatic carbocycles. The molecule has 1 saturated heterocycles. The minimum absolute atomic E-state index is 0.0740. The number of benzene rings is 2. The first-order chi connectivity index (χ1) is 15.6. The zero-order valence-electron chi connectivity index (χ0n) is 18.6. The van der Waals surface area contributed by atoms with Gasteiger partial charge in [-0.3, -0.25) is 9.69 Å². The van der Waals surface area contributed by atoms with E-state index < -0.39 is 23.2 Å². The molecule has 1 aliphatic heterocycles. The van der Waals surface area contributed by atoms with E-state index in [-0.39, 0.29) is 17.4 Å². The second-order valence-corrected chi connectivity index (χ2v) is 9.92. The smallest absolute Gasteiger partial charge is 0.388 e. The number of alkyl halides is 3. The Morgan fingerprint density at radius 3 is 2.21 bits per heavy atom. The van der Waals surface area contributed by atoms with Gasteiger partial charge in [0.25, 0.3) is 5.78 Å². The summed E-state index contributed by atoms with van der Waals surface area (Å²) in [5, 5.41) is 11.3. The van der Waals surface area contributed by atoms with Crippen LogP contribution in [-0.2, 0) is 23.2 Å². The van der Waals surface area contributed by atoms with Crippen molar-refractivity contribution < 1.29 is 27.8 Å². The maximum atomic E-state index is 13.0. The number of hydrogen-bond acceptors (Lipinski definition) is 4. The highest BCUT2D eigenvalue weighted by Gasteiger charge is 2.56. The van der Waals surface area contributed by atoms with Crippen molar-refractivity contribution in [2.24, 2.45) is 11.8 Å². The van der Waals surface area contributed by atoms with Gasteiger partial charge >= 0.3 is 6.18 Å². The van der Waals surface area contributed by atoms with Gasteiger partial charge in [0.05, 0.1) is 5.60 Å². The summed E-state index contributed by atoms with van der Waals surface area (Å²) in [6.07, 6.45) is -1.86. The molecule has 1 N–H and O–H groups in total. The van der Waals surface area contributed by atoms with Crippen molar-refractivity contribution in [1.29, 1.82) is 0 Å². The molecule has 4 nitrogen and oxygen atoms in total. The summed E-state index contributed by atoms with van der Waals surface area (Å²) in [5.74, 6) is -1.68. The van der Waals surface area contributed by atoms with E-state index in [9.17, 15) is 23.1 Å². The quantitative estimate of drug-likeness (QED) is 0.683. The second-order valence-electron chi connectivity index (χ2n) is 9.92. The van der Waals surface area contributed by atoms with Gasteiger partial charge in [-0.15, -0.1) is 0 Å². The molecule has 1 heterocycles. The van der Waals surface area contributed by atoms with Crippen LogP contribution in [0.1, 0.15) is 39.9 Å². The molecule has 2 aromatic rings. The number of fused-ring (bicyclic) bond motifs is 3. The van der Waals surface area contributed by atoms with Crippen LogP contribution in [0.25, 0.3) is 0 Å². The summed E-state index contributed by atoms with van der Waals surface area (Å²) in [4.78, 5) is 14.1. The number of rotatable bonds is 5. The second kappa shape index (κ2) is 7.93. The maximum Gasteiger partial charge on any atom is 0.454 e. The number of nitrogens with zero attached hydrogens (tertiary/aromatic N) is 1. The minimum Gasteiger partial charge on any atom is -0.388 e. The summed E-state index contributed by atoms with van der Waals surface area (Å²) >= 11 is 0. The Balaban J connectivity index is 1.37. The lowest BCUT2D eigenvalue weighted by molar-refractivity contribution is -0.128. The number of carbonyl (C=O) groups excluding carboxylic acids is 1. The third-order valence-corrected chi connectivity index (χ3v) is 7.88. The normalized spacial score (nSPS) is 28.6. The number of carbonyl (C=O) groups is 1. The monoisotopic (exact) mass is 459 g/mol. The van der Waals surface area contributed by atoms with Crippen LogP contribution < -0.4 is 0 Å². The first-order valence-corrected chi connectivity index (χ1v) is 11.4. The zero-order valence-corrected chi connectivity index (χ0v) is 18.6. The minimum atomic E-state index is -4.91. The molecular formula is C26H28F3NO3. The molecule has 0 aromatic heterocycles. The van der Waals surface area contributed by atoms with Crippen LogP contribution in [0.5, 0.6) is 0 Å². The van der Waals surface area contributed by atoms with Gasteiger partial charge in [-0.2, -0.15) is 13.2 Å². The lowest BCUT2D eigenvalue weighted by Gasteiger charge is -2.48. The number of halogens is 3. The van der Waals surface area contributed by atoms with Crippen LogP contribution in [0.15, 0.2) is 48.5 Å². The highest BCUT2D eigenvalue weighted by atomic mass is 19.4. The summed E-state index contributed by atoms with van der Waals surface area (Å²) in [5.41, 5.74) is 1.14. The first kappa shape index (κ1) is 22.6. The van der Waals surface area contributed by atoms with E-state index in [1.807, 2.05) is 12.1 Å². The van der Waals surface area contributed by atoms with Crippen molar-refractivity contribution in [1.82, 2.24) is 4.90 Å². The first-order valence-electron chi connectivity index (χ1n) is 11.4. The van der Waals surface area contributed by atoms with E-state index in [1.54, 1.807) is 13.2 Å². The molecule has 2 atom stereocenters. The fourth-order valence-corrected chi connectivity index (χ4v) is 6.64. The maximum absolute atomic E-state index is 13.0. The van der Waals surface area contributed by atoms with Crippen molar-refractivity contribution in [2.75, 3.05) is 26.7 Å². The molecule has 3 aliphatic rings. The fraction of sp³-hybridized carbons (Fsp3) is 0.500. The van der Waals surface area contributed by atoms with E-state index in [0.717, 1.165) is 12.8 Å². The largest absolute Gasteiger partial charge is 0.454 e. The summed E-state index contributed by atoms with van der Waals surface area (Å²) in [6, 6.07) is 14.0. The molecule has 7 heteroatoms. The van der Waals surface area contributed by atoms with Crippen molar-refractivity contribution in [3.05, 3.63) is 70.8 Å². The molecule has 2 unspecified atom stereocenters. The topological polar surface area (TPSA) is 49.8 Å². The predicted molar refractivity (Wildman–Crippen MR) is 117 cm³/mol. The Kier molecular flexibility index (Phi) is 5.42. The zero-order chi connectivity index (χ0) is 23.4. The molecule has 5 rings (SSSR count). The summed E-state index contributed by atoms with van der Waals surface area (Å²) in [6.45, 7) is 1.95. The summed E-state index contributed by atoms with van der Waals surface area (Å²) in [7, 11) is 1.61. The average Bonchev–Trinajstić information content (AvgIpc) is 3.21. The van der Waals surface area contributed by atoms with Crippen LogP contribution >= 0.6 is 0 Å². The third-order valence-electron chi connectivity index (χ3n) is 7.88. The molecule has 0 amide bonds. The Hall–Kier alpha value is -2.22. The van der Waals surface area contributed by atoms with Gasteiger partial charge in [-0.05, 0) is 35.6 Å². The SMILES string of the molecule is COC1(c2cccc(C(=O)C(F)(F)F)c2)C2CCC1CN(CC1(O)Cc3ccccc3C1)C2. The predicted octanol–water partition coefficient (Wildman–Crippen LogP) is 4.15. The lowest BCUT2D eigenvalue weighted by atomic mass is 9.74. The number of ketones is 1. The Labute approximate surface area is 191 Å². The number of likely N-dealkylation sites (tertiary alicyclic amines) is 1. The van der Waals surface area contributed by atoms with Gasteiger partial charge in [0.15, 0.2) is 0 Å². The van der Waals surface area contributed by atoms with Gasteiger partial charge < -0.3 is 9.84 Å². The fourth-order valence-electron chi connectivity index (χ4n) is 6.64. The molecule has 1 saturated carbocycles. The lowest BCUT2D eigenvalue weighted by Crippen LogP contribution is -2.56. The molecule has 33 heavy (non-hydrogen) atoms. The van der Waals surface area contributed by atoms with Crippen molar-refractivity contribution in [2.45, 2.75) is 43.1 Å². The van der Waals surface area contributed by atoms with Crippen LogP contribution in [-0.4, -0.2) is 54.3 Å². The van der Waals surface area contributed by atoms with E-state index in [1.165, 1.54) is 29.3 Å². The third kappa shape index (κ3) is 3.80. The average molecular weight is 460 g/mol. The molecule has 2 bridgehead atoms. The number of piperidine rings is 1. The number of β-amino-alcohol motifs (C(OH)–C–C–N with tert-alkyl or cyclic N) is 1. The van der Waals surface area contributed by atoms with Crippen LogP contribution in [0.3, 0.4) is 0 Å². The molecule has 0 spiro atoms. The van der Waals surface area contributed by atoms with Gasteiger partial charge in [0, 0.05) is 57.0 Å². The molecule has 176 valence electrons. The molecule has 2 fully saturated rings. The van der Waals surface area contributed by atoms with Gasteiger partial charge in [0.1, 0.15) is 5.60 Å². The van der Waals surface area contributed by atoms with Crippen molar-refractivity contribution in [3.63, 3.8) is 0 Å². The van der Waals surface area contributed by atoms with E-state index in [4.69, 9.17) is 4.74 Å². The number of aliphatic hydroxyl groups is 1. The number of methoxy groups -OCH3 is 1. The van der Waals surface area contributed by atoms with E-state index >= 15 is 0 Å². The number of Topliss-reactive ketones (excluding diaryl/α,β-unsaturated/α-hetero) is 1. The standard InChI is InChI=1S/C26H28F3NO3/c1-33-25(20-8-4-7-17(11-20)23(31)26(27,28)29)21-9-10-22(25)15-30(14-21)16-24(32)12-18-5-2-3-6-19(18)13-24/h2-8,11,21-22,32H,9-10,12-16H2,1H3. The molecular weight excluding hydrogens is 431 g/mol. The van der Waals surface area contributed by atoms with Gasteiger partial charge in [-0.1, -0.05) is 42.5 Å². The van der Waals surface area contributed by atoms with Gasteiger partial charge in [0.2, 0.25) is 0 Å². The number of hydrogen-bond donors (Lipinski definition) is 1. The molecule has 0 radical (unpaired) electrons. The van der Waals surface area contributed by atoms with E-state index in [0.29, 0.717) is 38.0 Å².